The lowest BCUT2D eigenvalue weighted by atomic mass is 9.98. The van der Waals surface area contributed by atoms with Crippen LogP contribution in [0.5, 0.6) is 0 Å². The minimum Gasteiger partial charge on any atom is -0.478 e. The third-order valence-corrected chi connectivity index (χ3v) is 4.67. The molecule has 1 aliphatic rings. The summed E-state index contributed by atoms with van der Waals surface area (Å²) in [6.45, 7) is 1.11. The zero-order valence-electron chi connectivity index (χ0n) is 13.9. The SMILES string of the molecule is N#C[C@@H]1CCCN(C(=O)c2ccc(-c3ncc(C(=O)O)cc3Cl)cc2)C1. The number of likely N-dealkylation sites (tertiary alicyclic amines) is 1. The molecule has 1 aromatic carbocycles. The van der Waals surface area contributed by atoms with Crippen LogP contribution in [0.15, 0.2) is 36.5 Å². The van der Waals surface area contributed by atoms with E-state index in [0.717, 1.165) is 12.8 Å². The summed E-state index contributed by atoms with van der Waals surface area (Å²) in [5.74, 6) is -1.30. The lowest BCUT2D eigenvalue weighted by molar-refractivity contribution is 0.0688. The maximum atomic E-state index is 12.6. The Hall–Kier alpha value is -2.91. The molecule has 0 radical (unpaired) electrons. The second-order valence-corrected chi connectivity index (χ2v) is 6.56. The van der Waals surface area contributed by atoms with Crippen LogP contribution in [-0.2, 0) is 0 Å². The Morgan fingerprint density at radius 2 is 2.00 bits per heavy atom. The first kappa shape index (κ1) is 17.9. The van der Waals surface area contributed by atoms with Crippen molar-refractivity contribution in [3.63, 3.8) is 0 Å². The van der Waals surface area contributed by atoms with Gasteiger partial charge in [0.25, 0.3) is 5.91 Å². The molecule has 3 rings (SSSR count). The van der Waals surface area contributed by atoms with Crippen molar-refractivity contribution in [3.05, 3.63) is 52.7 Å². The highest BCUT2D eigenvalue weighted by atomic mass is 35.5. The van der Waals surface area contributed by atoms with E-state index < -0.39 is 5.97 Å². The Kier molecular flexibility index (Phi) is 5.19. The predicted octanol–water partition coefficient (Wildman–Crippen LogP) is 3.48. The monoisotopic (exact) mass is 369 g/mol. The summed E-state index contributed by atoms with van der Waals surface area (Å²) in [4.78, 5) is 29.4. The Morgan fingerprint density at radius 3 is 2.62 bits per heavy atom. The van der Waals surface area contributed by atoms with Gasteiger partial charge in [0.05, 0.1) is 28.3 Å². The van der Waals surface area contributed by atoms with E-state index in [0.29, 0.717) is 29.9 Å². The van der Waals surface area contributed by atoms with Crippen molar-refractivity contribution < 1.29 is 14.7 Å². The Labute approximate surface area is 155 Å². The van der Waals surface area contributed by atoms with E-state index in [1.807, 2.05) is 0 Å². The second-order valence-electron chi connectivity index (χ2n) is 6.16. The summed E-state index contributed by atoms with van der Waals surface area (Å²) in [5.41, 5.74) is 1.70. The number of pyridine rings is 1. The number of piperidine rings is 1. The zero-order valence-corrected chi connectivity index (χ0v) is 14.6. The Morgan fingerprint density at radius 1 is 1.27 bits per heavy atom. The molecule has 26 heavy (non-hydrogen) atoms. The molecule has 1 saturated heterocycles. The van der Waals surface area contributed by atoms with Crippen molar-refractivity contribution in [2.75, 3.05) is 13.1 Å². The molecule has 0 bridgehead atoms. The van der Waals surface area contributed by atoms with Gasteiger partial charge < -0.3 is 10.0 Å². The summed E-state index contributed by atoms with van der Waals surface area (Å²) in [6, 6.07) is 10.4. The number of amides is 1. The van der Waals surface area contributed by atoms with Gasteiger partial charge in [0, 0.05) is 30.4 Å². The van der Waals surface area contributed by atoms with Crippen molar-refractivity contribution >= 4 is 23.5 Å². The number of carboxylic acids is 1. The highest BCUT2D eigenvalue weighted by Gasteiger charge is 2.24. The van der Waals surface area contributed by atoms with Gasteiger partial charge in [-0.1, -0.05) is 23.7 Å². The van der Waals surface area contributed by atoms with Crippen molar-refractivity contribution in [2.24, 2.45) is 5.92 Å². The van der Waals surface area contributed by atoms with Crippen LogP contribution < -0.4 is 0 Å². The molecule has 0 spiro atoms. The smallest absolute Gasteiger partial charge is 0.337 e. The van der Waals surface area contributed by atoms with Gasteiger partial charge in [0.15, 0.2) is 0 Å². The van der Waals surface area contributed by atoms with Gasteiger partial charge in [-0.3, -0.25) is 9.78 Å². The maximum absolute atomic E-state index is 12.6. The van der Waals surface area contributed by atoms with Crippen LogP contribution >= 0.6 is 11.6 Å². The maximum Gasteiger partial charge on any atom is 0.337 e. The molecule has 1 fully saturated rings. The standard InChI is InChI=1S/C19H16ClN3O3/c20-16-8-15(19(25)26)10-22-17(16)13-3-5-14(6-4-13)18(24)23-7-1-2-12(9-21)11-23/h3-6,8,10,12H,1-2,7,11H2,(H,25,26)/t12-/m0/s1. The number of aromatic nitrogens is 1. The lowest BCUT2D eigenvalue weighted by Gasteiger charge is -2.29. The van der Waals surface area contributed by atoms with Crippen LogP contribution in [0.2, 0.25) is 5.02 Å². The number of benzene rings is 1. The first-order chi connectivity index (χ1) is 12.5. The van der Waals surface area contributed by atoms with Gasteiger partial charge in [-0.25, -0.2) is 4.79 Å². The summed E-state index contributed by atoms with van der Waals surface area (Å²) in [6.07, 6.45) is 2.91. The third-order valence-electron chi connectivity index (χ3n) is 4.38. The van der Waals surface area contributed by atoms with Gasteiger partial charge in [-0.15, -0.1) is 0 Å². The topological polar surface area (TPSA) is 94.3 Å². The number of carbonyl (C=O) groups is 2. The van der Waals surface area contributed by atoms with E-state index in [4.69, 9.17) is 22.0 Å². The number of hydrogen-bond acceptors (Lipinski definition) is 4. The molecule has 6 nitrogen and oxygen atoms in total. The summed E-state index contributed by atoms with van der Waals surface area (Å²) < 4.78 is 0. The van der Waals surface area contributed by atoms with Gasteiger partial charge in [-0.05, 0) is 31.0 Å². The molecule has 7 heteroatoms. The number of rotatable bonds is 3. The Balaban J connectivity index is 1.79. The summed E-state index contributed by atoms with van der Waals surface area (Å²) in [5, 5.41) is 18.3. The van der Waals surface area contributed by atoms with Crippen LogP contribution in [-0.4, -0.2) is 40.0 Å². The van der Waals surface area contributed by atoms with Gasteiger partial charge in [-0.2, -0.15) is 5.26 Å². The molecule has 132 valence electrons. The first-order valence-electron chi connectivity index (χ1n) is 8.17. The third kappa shape index (κ3) is 3.68. The number of nitriles is 1. The predicted molar refractivity (Wildman–Crippen MR) is 95.9 cm³/mol. The minimum atomic E-state index is -1.09. The molecule has 1 aromatic heterocycles. The molecule has 1 atom stereocenters. The zero-order chi connectivity index (χ0) is 18.7. The fourth-order valence-corrected chi connectivity index (χ4v) is 3.26. The molecule has 0 unspecified atom stereocenters. The highest BCUT2D eigenvalue weighted by Crippen LogP contribution is 2.27. The van der Waals surface area contributed by atoms with E-state index in [1.165, 1.54) is 12.3 Å². The van der Waals surface area contributed by atoms with Crippen molar-refractivity contribution in [2.45, 2.75) is 12.8 Å². The van der Waals surface area contributed by atoms with Crippen LogP contribution in [0, 0.1) is 17.2 Å². The molecular formula is C19H16ClN3O3. The minimum absolute atomic E-state index is 0.0164. The lowest BCUT2D eigenvalue weighted by Crippen LogP contribution is -2.39. The molecule has 1 amide bonds. The van der Waals surface area contributed by atoms with E-state index in [1.54, 1.807) is 29.2 Å². The first-order valence-corrected chi connectivity index (χ1v) is 8.55. The van der Waals surface area contributed by atoms with Crippen molar-refractivity contribution in [1.82, 2.24) is 9.88 Å². The highest BCUT2D eigenvalue weighted by molar-refractivity contribution is 6.33. The molecule has 2 heterocycles. The molecular weight excluding hydrogens is 354 g/mol. The summed E-state index contributed by atoms with van der Waals surface area (Å²) >= 11 is 6.13. The average Bonchev–Trinajstić information content (AvgIpc) is 2.67. The molecule has 0 aliphatic carbocycles. The molecule has 2 aromatic rings. The molecule has 1 aliphatic heterocycles. The quantitative estimate of drug-likeness (QED) is 0.893. The van der Waals surface area contributed by atoms with Crippen LogP contribution in [0.1, 0.15) is 33.6 Å². The van der Waals surface area contributed by atoms with Gasteiger partial charge >= 0.3 is 5.97 Å². The summed E-state index contributed by atoms with van der Waals surface area (Å²) in [7, 11) is 0. The van der Waals surface area contributed by atoms with E-state index in [9.17, 15) is 9.59 Å². The number of nitrogens with zero attached hydrogens (tertiary/aromatic N) is 3. The average molecular weight is 370 g/mol. The number of aromatic carboxylic acids is 1. The van der Waals surface area contributed by atoms with E-state index >= 15 is 0 Å². The van der Waals surface area contributed by atoms with Crippen LogP contribution in [0.4, 0.5) is 0 Å². The van der Waals surface area contributed by atoms with E-state index in [2.05, 4.69) is 11.1 Å². The van der Waals surface area contributed by atoms with Gasteiger partial charge in [0.2, 0.25) is 0 Å². The Bertz CT molecular complexity index is 890. The van der Waals surface area contributed by atoms with Gasteiger partial charge in [0.1, 0.15) is 0 Å². The largest absolute Gasteiger partial charge is 0.478 e. The number of carbonyl (C=O) groups excluding carboxylic acids is 1. The number of carboxylic acid groups (broad SMARTS) is 1. The molecule has 0 saturated carbocycles. The van der Waals surface area contributed by atoms with Crippen molar-refractivity contribution in [1.29, 1.82) is 5.26 Å². The fourth-order valence-electron chi connectivity index (χ4n) is 2.99. The van der Waals surface area contributed by atoms with E-state index in [-0.39, 0.29) is 22.4 Å². The molecule has 1 N–H and O–H groups in total. The van der Waals surface area contributed by atoms with Crippen molar-refractivity contribution in [3.8, 4) is 17.3 Å². The fraction of sp³-hybridized carbons (Fsp3) is 0.263. The number of hydrogen-bond donors (Lipinski definition) is 1. The number of halogens is 1. The normalized spacial score (nSPS) is 16.8. The van der Waals surface area contributed by atoms with Crippen LogP contribution in [0.25, 0.3) is 11.3 Å². The van der Waals surface area contributed by atoms with Crippen LogP contribution in [0.3, 0.4) is 0 Å². The second kappa shape index (κ2) is 7.54.